The number of likely N-dealkylation sites (tertiary alicyclic amines) is 1. The van der Waals surface area contributed by atoms with Crippen LogP contribution in [0.1, 0.15) is 65.2 Å². The summed E-state index contributed by atoms with van der Waals surface area (Å²) in [6.07, 6.45) is 8.04. The summed E-state index contributed by atoms with van der Waals surface area (Å²) >= 11 is 0. The SMILES string of the molecule is COc1cc(C)c2[nH]ccc2c1CN1CC[C@H](OCC2CCC2)C[C@H]1c1ccc(C(=O)O)cc1. The topological polar surface area (TPSA) is 74.8 Å². The molecule has 1 aromatic heterocycles. The van der Waals surface area contributed by atoms with E-state index < -0.39 is 5.97 Å². The number of methoxy groups -OCH3 is 1. The van der Waals surface area contributed by atoms with Crippen LogP contribution in [0.3, 0.4) is 0 Å². The van der Waals surface area contributed by atoms with Crippen LogP contribution in [0.5, 0.6) is 5.75 Å². The first kappa shape index (κ1) is 22.9. The van der Waals surface area contributed by atoms with Gasteiger partial charge in [-0.3, -0.25) is 4.90 Å². The number of aryl methyl sites for hydroxylation is 1. The van der Waals surface area contributed by atoms with Gasteiger partial charge < -0.3 is 19.6 Å². The predicted octanol–water partition coefficient (Wildman–Crippen LogP) is 5.71. The zero-order valence-electron chi connectivity index (χ0n) is 20.0. The van der Waals surface area contributed by atoms with Crippen molar-refractivity contribution >= 4 is 16.9 Å². The highest BCUT2D eigenvalue weighted by Crippen LogP contribution is 2.38. The number of H-pyrrole nitrogens is 1. The van der Waals surface area contributed by atoms with Crippen molar-refractivity contribution in [1.82, 2.24) is 9.88 Å². The summed E-state index contributed by atoms with van der Waals surface area (Å²) in [4.78, 5) is 17.2. The Hall–Kier alpha value is -2.83. The molecule has 2 heterocycles. The number of fused-ring (bicyclic) bond motifs is 1. The van der Waals surface area contributed by atoms with Gasteiger partial charge in [0.2, 0.25) is 0 Å². The lowest BCUT2D eigenvalue weighted by Crippen LogP contribution is -2.40. The zero-order chi connectivity index (χ0) is 23.7. The maximum Gasteiger partial charge on any atom is 0.335 e. The van der Waals surface area contributed by atoms with Gasteiger partial charge >= 0.3 is 5.97 Å². The first-order valence-electron chi connectivity index (χ1n) is 12.4. The monoisotopic (exact) mass is 462 g/mol. The summed E-state index contributed by atoms with van der Waals surface area (Å²) in [5.41, 5.74) is 4.96. The summed E-state index contributed by atoms with van der Waals surface area (Å²) in [5.74, 6) is 0.742. The lowest BCUT2D eigenvalue weighted by Gasteiger charge is -2.41. The molecule has 1 saturated heterocycles. The second-order valence-corrected chi connectivity index (χ2v) is 9.83. The molecular weight excluding hydrogens is 428 g/mol. The molecule has 6 nitrogen and oxygen atoms in total. The van der Waals surface area contributed by atoms with Crippen LogP contribution >= 0.6 is 0 Å². The molecule has 5 rings (SSSR count). The van der Waals surface area contributed by atoms with Gasteiger partial charge in [0.25, 0.3) is 0 Å². The molecule has 2 N–H and O–H groups in total. The number of carboxylic acid groups (broad SMARTS) is 1. The molecule has 6 heteroatoms. The van der Waals surface area contributed by atoms with E-state index in [9.17, 15) is 9.90 Å². The molecule has 0 amide bonds. The average Bonchev–Trinajstić information content (AvgIpc) is 3.31. The van der Waals surface area contributed by atoms with Gasteiger partial charge in [0.15, 0.2) is 0 Å². The Bertz CT molecular complexity index is 1150. The molecule has 2 aliphatic rings. The normalized spacial score (nSPS) is 21.5. The molecule has 34 heavy (non-hydrogen) atoms. The van der Waals surface area contributed by atoms with Gasteiger partial charge in [-0.25, -0.2) is 4.79 Å². The molecule has 2 atom stereocenters. The molecule has 0 radical (unpaired) electrons. The van der Waals surface area contributed by atoms with Crippen LogP contribution in [0.2, 0.25) is 0 Å². The van der Waals surface area contributed by atoms with Gasteiger partial charge in [-0.2, -0.15) is 0 Å². The van der Waals surface area contributed by atoms with Crippen LogP contribution in [-0.4, -0.2) is 47.3 Å². The number of carboxylic acids is 1. The number of carbonyl (C=O) groups is 1. The molecule has 2 fully saturated rings. The highest BCUT2D eigenvalue weighted by atomic mass is 16.5. The van der Waals surface area contributed by atoms with Crippen molar-refractivity contribution in [2.24, 2.45) is 5.92 Å². The van der Waals surface area contributed by atoms with E-state index in [4.69, 9.17) is 9.47 Å². The lowest BCUT2D eigenvalue weighted by molar-refractivity contribution is -0.0412. The number of ether oxygens (including phenoxy) is 2. The van der Waals surface area contributed by atoms with Gasteiger partial charge in [-0.05, 0) is 73.9 Å². The molecular formula is C28H34N2O4. The third kappa shape index (κ3) is 4.57. The number of hydrogen-bond acceptors (Lipinski definition) is 4. The Morgan fingerprint density at radius 2 is 1.97 bits per heavy atom. The molecule has 1 aliphatic heterocycles. The third-order valence-electron chi connectivity index (χ3n) is 7.69. The minimum absolute atomic E-state index is 0.156. The number of aromatic amines is 1. The Balaban J connectivity index is 1.42. The van der Waals surface area contributed by atoms with Crippen molar-refractivity contribution in [3.63, 3.8) is 0 Å². The van der Waals surface area contributed by atoms with Gasteiger partial charge in [-0.15, -0.1) is 0 Å². The first-order chi connectivity index (χ1) is 16.5. The van der Waals surface area contributed by atoms with E-state index in [-0.39, 0.29) is 12.1 Å². The first-order valence-corrected chi connectivity index (χ1v) is 12.4. The number of hydrogen-bond donors (Lipinski definition) is 2. The Kier molecular flexibility index (Phi) is 6.61. The van der Waals surface area contributed by atoms with E-state index in [1.807, 2.05) is 18.3 Å². The van der Waals surface area contributed by atoms with Crippen LogP contribution in [-0.2, 0) is 11.3 Å². The quantitative estimate of drug-likeness (QED) is 0.449. The predicted molar refractivity (Wildman–Crippen MR) is 132 cm³/mol. The van der Waals surface area contributed by atoms with Crippen LogP contribution in [0.15, 0.2) is 42.6 Å². The summed E-state index contributed by atoms with van der Waals surface area (Å²) in [6.45, 7) is 4.65. The van der Waals surface area contributed by atoms with Crippen molar-refractivity contribution < 1.29 is 19.4 Å². The molecule has 1 saturated carbocycles. The van der Waals surface area contributed by atoms with Crippen LogP contribution in [0, 0.1) is 12.8 Å². The largest absolute Gasteiger partial charge is 0.496 e. The Morgan fingerprint density at radius 3 is 2.65 bits per heavy atom. The van der Waals surface area contributed by atoms with E-state index in [2.05, 4.69) is 28.9 Å². The fourth-order valence-corrected chi connectivity index (χ4v) is 5.43. The fourth-order valence-electron chi connectivity index (χ4n) is 5.43. The molecule has 180 valence electrons. The van der Waals surface area contributed by atoms with E-state index in [1.165, 1.54) is 35.8 Å². The Labute approximate surface area is 200 Å². The second kappa shape index (κ2) is 9.80. The van der Waals surface area contributed by atoms with Gasteiger partial charge in [0.1, 0.15) is 5.75 Å². The minimum Gasteiger partial charge on any atom is -0.496 e. The van der Waals surface area contributed by atoms with E-state index in [0.717, 1.165) is 55.3 Å². The number of aromatic carboxylic acids is 1. The van der Waals surface area contributed by atoms with Crippen molar-refractivity contribution in [3.8, 4) is 5.75 Å². The number of benzene rings is 2. The van der Waals surface area contributed by atoms with Crippen LogP contribution in [0.25, 0.3) is 10.9 Å². The highest BCUT2D eigenvalue weighted by molar-refractivity contribution is 5.88. The van der Waals surface area contributed by atoms with Crippen molar-refractivity contribution in [2.45, 2.75) is 57.7 Å². The zero-order valence-corrected chi connectivity index (χ0v) is 20.0. The standard InChI is InChI=1S/C28H34N2O4/c1-18-14-26(33-2)24(23-10-12-29-27(18)23)16-30-13-11-22(34-17-19-4-3-5-19)15-25(30)20-6-8-21(9-7-20)28(31)32/h6-10,12,14,19,22,25,29H,3-5,11,13,15-17H2,1-2H3,(H,31,32)/t22-,25-/m0/s1. The average molecular weight is 463 g/mol. The molecule has 0 bridgehead atoms. The van der Waals surface area contributed by atoms with Gasteiger partial charge in [0, 0.05) is 48.4 Å². The van der Waals surface area contributed by atoms with E-state index >= 15 is 0 Å². The number of rotatable bonds is 8. The summed E-state index contributed by atoms with van der Waals surface area (Å²) in [5, 5.41) is 10.5. The van der Waals surface area contributed by atoms with Crippen LogP contribution < -0.4 is 4.74 Å². The van der Waals surface area contributed by atoms with Crippen molar-refractivity contribution in [1.29, 1.82) is 0 Å². The highest BCUT2D eigenvalue weighted by Gasteiger charge is 2.32. The molecule has 0 unspecified atom stereocenters. The fraction of sp³-hybridized carbons (Fsp3) is 0.464. The van der Waals surface area contributed by atoms with Crippen LogP contribution in [0.4, 0.5) is 0 Å². The lowest BCUT2D eigenvalue weighted by atomic mass is 9.86. The summed E-state index contributed by atoms with van der Waals surface area (Å²) in [7, 11) is 1.74. The summed E-state index contributed by atoms with van der Waals surface area (Å²) in [6, 6.07) is 11.8. The van der Waals surface area contributed by atoms with Gasteiger partial charge in [0.05, 0.1) is 18.8 Å². The number of aromatic nitrogens is 1. The molecule has 1 aliphatic carbocycles. The smallest absolute Gasteiger partial charge is 0.335 e. The van der Waals surface area contributed by atoms with Crippen molar-refractivity contribution in [2.75, 3.05) is 20.3 Å². The molecule has 2 aromatic carbocycles. The Morgan fingerprint density at radius 1 is 1.18 bits per heavy atom. The van der Waals surface area contributed by atoms with E-state index in [1.54, 1.807) is 19.2 Å². The number of nitrogens with zero attached hydrogens (tertiary/aromatic N) is 1. The van der Waals surface area contributed by atoms with E-state index in [0.29, 0.717) is 5.56 Å². The number of nitrogens with one attached hydrogen (secondary N) is 1. The second-order valence-electron chi connectivity index (χ2n) is 9.83. The number of piperidine rings is 1. The minimum atomic E-state index is -0.895. The third-order valence-corrected chi connectivity index (χ3v) is 7.69. The maximum absolute atomic E-state index is 11.4. The maximum atomic E-state index is 11.4. The molecule has 3 aromatic rings. The van der Waals surface area contributed by atoms with Crippen molar-refractivity contribution in [3.05, 3.63) is 64.8 Å². The summed E-state index contributed by atoms with van der Waals surface area (Å²) < 4.78 is 12.2. The van der Waals surface area contributed by atoms with Gasteiger partial charge in [-0.1, -0.05) is 18.6 Å². The molecule has 0 spiro atoms.